The van der Waals surface area contributed by atoms with Gasteiger partial charge in [-0.3, -0.25) is 4.99 Å². The van der Waals surface area contributed by atoms with E-state index >= 15 is 0 Å². The fraction of sp³-hybridized carbons (Fsp3) is 0.500. The largest absolute Gasteiger partial charge is 0.356 e. The number of benzene rings is 1. The van der Waals surface area contributed by atoms with Crippen molar-refractivity contribution in [3.8, 4) is 0 Å². The van der Waals surface area contributed by atoms with Crippen molar-refractivity contribution in [2.75, 3.05) is 20.1 Å². The summed E-state index contributed by atoms with van der Waals surface area (Å²) >= 11 is 0. The van der Waals surface area contributed by atoms with E-state index in [4.69, 9.17) is 4.52 Å². The van der Waals surface area contributed by atoms with E-state index in [1.807, 2.05) is 6.92 Å². The van der Waals surface area contributed by atoms with E-state index < -0.39 is 0 Å². The van der Waals surface area contributed by atoms with Crippen molar-refractivity contribution in [2.24, 2.45) is 4.99 Å². The number of guanidine groups is 1. The monoisotopic (exact) mass is 329 g/mol. The molecule has 0 aliphatic carbocycles. The molecule has 0 aliphatic rings. The van der Waals surface area contributed by atoms with E-state index in [9.17, 15) is 0 Å². The SMILES string of the molecule is CN=C(NCCCc1nc(C)no1)NCCc1cc(C)cc(C)c1. The molecular weight excluding hydrogens is 302 g/mol. The van der Waals surface area contributed by atoms with E-state index in [2.05, 4.69) is 57.8 Å². The van der Waals surface area contributed by atoms with Crippen molar-refractivity contribution in [3.05, 3.63) is 46.6 Å². The molecule has 0 aliphatic heterocycles. The van der Waals surface area contributed by atoms with Crippen LogP contribution in [0.3, 0.4) is 0 Å². The maximum atomic E-state index is 5.10. The van der Waals surface area contributed by atoms with Gasteiger partial charge < -0.3 is 15.2 Å². The Kier molecular flexibility index (Phi) is 6.78. The molecule has 0 saturated heterocycles. The van der Waals surface area contributed by atoms with Crippen LogP contribution in [-0.4, -0.2) is 36.2 Å². The Morgan fingerprint density at radius 1 is 1.04 bits per heavy atom. The molecule has 2 aromatic rings. The first kappa shape index (κ1) is 18.0. The van der Waals surface area contributed by atoms with Gasteiger partial charge >= 0.3 is 0 Å². The zero-order valence-corrected chi connectivity index (χ0v) is 15.0. The lowest BCUT2D eigenvalue weighted by molar-refractivity contribution is 0.372. The van der Waals surface area contributed by atoms with Gasteiger partial charge in [0.2, 0.25) is 5.89 Å². The number of nitrogens with zero attached hydrogens (tertiary/aromatic N) is 3. The summed E-state index contributed by atoms with van der Waals surface area (Å²) in [5.41, 5.74) is 3.97. The zero-order valence-electron chi connectivity index (χ0n) is 15.0. The van der Waals surface area contributed by atoms with Crippen LogP contribution in [0.5, 0.6) is 0 Å². The Bertz CT molecular complexity index is 658. The molecule has 0 bridgehead atoms. The summed E-state index contributed by atoms with van der Waals surface area (Å²) in [6.07, 6.45) is 2.66. The smallest absolute Gasteiger partial charge is 0.226 e. The molecule has 0 unspecified atom stereocenters. The lowest BCUT2D eigenvalue weighted by Crippen LogP contribution is -2.38. The van der Waals surface area contributed by atoms with Crippen LogP contribution < -0.4 is 10.6 Å². The quantitative estimate of drug-likeness (QED) is 0.463. The highest BCUT2D eigenvalue weighted by Crippen LogP contribution is 2.08. The van der Waals surface area contributed by atoms with E-state index in [0.717, 1.165) is 38.3 Å². The van der Waals surface area contributed by atoms with Crippen LogP contribution in [0.25, 0.3) is 0 Å². The first-order valence-electron chi connectivity index (χ1n) is 8.37. The van der Waals surface area contributed by atoms with Crippen molar-refractivity contribution in [1.29, 1.82) is 0 Å². The van der Waals surface area contributed by atoms with Gasteiger partial charge in [0, 0.05) is 26.6 Å². The van der Waals surface area contributed by atoms with Gasteiger partial charge in [0.1, 0.15) is 0 Å². The molecule has 0 spiro atoms. The Balaban J connectivity index is 1.66. The lowest BCUT2D eigenvalue weighted by Gasteiger charge is -2.12. The van der Waals surface area contributed by atoms with Crippen LogP contribution in [0.15, 0.2) is 27.7 Å². The molecule has 1 aromatic carbocycles. The van der Waals surface area contributed by atoms with E-state index in [-0.39, 0.29) is 0 Å². The summed E-state index contributed by atoms with van der Waals surface area (Å²) in [5, 5.41) is 10.4. The average Bonchev–Trinajstić information content (AvgIpc) is 2.94. The molecule has 130 valence electrons. The number of rotatable bonds is 7. The molecule has 2 N–H and O–H groups in total. The summed E-state index contributed by atoms with van der Waals surface area (Å²) in [4.78, 5) is 8.44. The van der Waals surface area contributed by atoms with Gasteiger partial charge in [-0.25, -0.2) is 0 Å². The second-order valence-corrected chi connectivity index (χ2v) is 6.01. The molecule has 2 rings (SSSR count). The van der Waals surface area contributed by atoms with Gasteiger partial charge in [0.05, 0.1) is 0 Å². The summed E-state index contributed by atoms with van der Waals surface area (Å²) in [5.74, 6) is 2.19. The summed E-state index contributed by atoms with van der Waals surface area (Å²) < 4.78 is 5.10. The number of hydrogen-bond acceptors (Lipinski definition) is 4. The topological polar surface area (TPSA) is 75.3 Å². The van der Waals surface area contributed by atoms with Gasteiger partial charge in [0.15, 0.2) is 11.8 Å². The highest BCUT2D eigenvalue weighted by molar-refractivity contribution is 5.79. The summed E-state index contributed by atoms with van der Waals surface area (Å²) in [7, 11) is 1.79. The zero-order chi connectivity index (χ0) is 17.4. The third-order valence-corrected chi connectivity index (χ3v) is 3.64. The maximum absolute atomic E-state index is 5.10. The molecule has 0 atom stereocenters. The Hall–Kier alpha value is -2.37. The van der Waals surface area contributed by atoms with Crippen molar-refractivity contribution in [3.63, 3.8) is 0 Å². The molecule has 0 radical (unpaired) electrons. The minimum atomic E-state index is 0.682. The van der Waals surface area contributed by atoms with Gasteiger partial charge in [-0.05, 0) is 39.2 Å². The predicted octanol–water partition coefficient (Wildman–Crippen LogP) is 2.34. The van der Waals surface area contributed by atoms with Crippen molar-refractivity contribution in [1.82, 2.24) is 20.8 Å². The molecular formula is C18H27N5O. The first-order chi connectivity index (χ1) is 11.6. The third-order valence-electron chi connectivity index (χ3n) is 3.64. The van der Waals surface area contributed by atoms with Crippen molar-refractivity contribution >= 4 is 5.96 Å². The molecule has 6 heteroatoms. The maximum Gasteiger partial charge on any atom is 0.226 e. The number of aromatic nitrogens is 2. The van der Waals surface area contributed by atoms with Crippen LogP contribution in [0, 0.1) is 20.8 Å². The minimum absolute atomic E-state index is 0.682. The van der Waals surface area contributed by atoms with Crippen molar-refractivity contribution in [2.45, 2.75) is 40.0 Å². The molecule has 0 fully saturated rings. The standard InChI is InChI=1S/C18H27N5O/c1-13-10-14(2)12-16(11-13)7-9-21-18(19-4)20-8-5-6-17-22-15(3)23-24-17/h10-12H,5-9H2,1-4H3,(H2,19,20,21). The van der Waals surface area contributed by atoms with E-state index in [1.165, 1.54) is 16.7 Å². The Morgan fingerprint density at radius 3 is 2.38 bits per heavy atom. The fourth-order valence-corrected chi connectivity index (χ4v) is 2.65. The van der Waals surface area contributed by atoms with Crippen LogP contribution in [0.1, 0.15) is 34.8 Å². The molecule has 6 nitrogen and oxygen atoms in total. The van der Waals surface area contributed by atoms with E-state index in [1.54, 1.807) is 7.05 Å². The Morgan fingerprint density at radius 2 is 1.75 bits per heavy atom. The summed E-state index contributed by atoms with van der Waals surface area (Å²) in [6, 6.07) is 6.66. The van der Waals surface area contributed by atoms with Crippen LogP contribution >= 0.6 is 0 Å². The minimum Gasteiger partial charge on any atom is -0.356 e. The van der Waals surface area contributed by atoms with Gasteiger partial charge in [-0.1, -0.05) is 34.5 Å². The second kappa shape index (κ2) is 9.05. The van der Waals surface area contributed by atoms with Crippen LogP contribution in [0.4, 0.5) is 0 Å². The lowest BCUT2D eigenvalue weighted by atomic mass is 10.1. The highest BCUT2D eigenvalue weighted by Gasteiger charge is 2.03. The number of nitrogens with one attached hydrogen (secondary N) is 2. The average molecular weight is 329 g/mol. The first-order valence-corrected chi connectivity index (χ1v) is 8.37. The number of aryl methyl sites for hydroxylation is 4. The van der Waals surface area contributed by atoms with Crippen LogP contribution in [0.2, 0.25) is 0 Å². The molecule has 0 saturated carbocycles. The van der Waals surface area contributed by atoms with Crippen LogP contribution in [-0.2, 0) is 12.8 Å². The third kappa shape index (κ3) is 6.02. The van der Waals surface area contributed by atoms with Crippen molar-refractivity contribution < 1.29 is 4.52 Å². The molecule has 1 heterocycles. The fourth-order valence-electron chi connectivity index (χ4n) is 2.65. The molecule has 1 aromatic heterocycles. The van der Waals surface area contributed by atoms with Gasteiger partial charge in [0.25, 0.3) is 0 Å². The summed E-state index contributed by atoms with van der Waals surface area (Å²) in [6.45, 7) is 7.76. The highest BCUT2D eigenvalue weighted by atomic mass is 16.5. The number of hydrogen-bond donors (Lipinski definition) is 2. The normalized spacial score (nSPS) is 11.6. The van der Waals surface area contributed by atoms with E-state index in [0.29, 0.717) is 11.7 Å². The van der Waals surface area contributed by atoms with Gasteiger partial charge in [-0.15, -0.1) is 0 Å². The molecule has 0 amide bonds. The predicted molar refractivity (Wildman–Crippen MR) is 96.3 cm³/mol. The van der Waals surface area contributed by atoms with Gasteiger partial charge in [-0.2, -0.15) is 4.98 Å². The molecule has 24 heavy (non-hydrogen) atoms. The number of aliphatic imine (C=N–C) groups is 1. The second-order valence-electron chi connectivity index (χ2n) is 6.01. The Labute approximate surface area is 143 Å².